The summed E-state index contributed by atoms with van der Waals surface area (Å²) in [4.78, 5) is 21.5. The summed E-state index contributed by atoms with van der Waals surface area (Å²) in [7, 11) is 0. The van der Waals surface area contributed by atoms with E-state index >= 15 is 0 Å². The fourth-order valence-corrected chi connectivity index (χ4v) is 0.568. The molecule has 0 heterocycles. The second-order valence-corrected chi connectivity index (χ2v) is 2.79. The molecule has 56 valence electrons. The Bertz CT molecular complexity index is 172. The molecule has 0 bridgehead atoms. The molecule has 0 saturated carbocycles. The molecule has 0 aromatic carbocycles. The van der Waals surface area contributed by atoms with Gasteiger partial charge in [-0.05, 0) is 13.8 Å². The molecular formula is C7H10O2S. The third kappa shape index (κ3) is 4.32. The molecular weight excluding hydrogens is 148 g/mol. The zero-order chi connectivity index (χ0) is 8.15. The van der Waals surface area contributed by atoms with Crippen molar-refractivity contribution in [3.8, 4) is 0 Å². The normalized spacial score (nSPS) is 9.00. The second-order valence-electron chi connectivity index (χ2n) is 2.18. The number of hydrogen-bond donors (Lipinski definition) is 0. The van der Waals surface area contributed by atoms with Crippen molar-refractivity contribution in [3.05, 3.63) is 0 Å². The number of carbonyl (C=O) groups is 2. The quantitative estimate of drug-likeness (QED) is 0.578. The molecule has 0 aliphatic carbocycles. The summed E-state index contributed by atoms with van der Waals surface area (Å²) in [5, 5.41) is 0. The Labute approximate surface area is 65.6 Å². The predicted octanol–water partition coefficient (Wildman–Crippen LogP) is 1.31. The SMILES string of the molecule is CC(=O)CCC(=O)C(C)=S. The van der Waals surface area contributed by atoms with Crippen LogP contribution in [0.4, 0.5) is 0 Å². The minimum absolute atomic E-state index is 0.0320. The van der Waals surface area contributed by atoms with Crippen LogP contribution >= 0.6 is 12.2 Å². The molecule has 0 amide bonds. The maximum atomic E-state index is 10.8. The first-order valence-corrected chi connectivity index (χ1v) is 3.48. The van der Waals surface area contributed by atoms with Crippen LogP contribution in [0, 0.1) is 0 Å². The van der Waals surface area contributed by atoms with Gasteiger partial charge in [0.15, 0.2) is 5.78 Å². The monoisotopic (exact) mass is 158 g/mol. The molecule has 0 rings (SSSR count). The highest BCUT2D eigenvalue weighted by molar-refractivity contribution is 7.82. The number of thiocarbonyl (C=S) groups is 1. The van der Waals surface area contributed by atoms with Crippen molar-refractivity contribution in [2.24, 2.45) is 0 Å². The Hall–Kier alpha value is -0.570. The summed E-state index contributed by atoms with van der Waals surface area (Å²) in [5.74, 6) is -0.0604. The van der Waals surface area contributed by atoms with Gasteiger partial charge in [0.2, 0.25) is 0 Å². The van der Waals surface area contributed by atoms with Crippen molar-refractivity contribution in [1.82, 2.24) is 0 Å². The highest BCUT2D eigenvalue weighted by Crippen LogP contribution is 1.93. The van der Waals surface area contributed by atoms with E-state index in [4.69, 9.17) is 0 Å². The minimum Gasteiger partial charge on any atom is -0.300 e. The maximum Gasteiger partial charge on any atom is 0.169 e. The van der Waals surface area contributed by atoms with Gasteiger partial charge >= 0.3 is 0 Å². The van der Waals surface area contributed by atoms with E-state index in [-0.39, 0.29) is 18.0 Å². The van der Waals surface area contributed by atoms with Crippen molar-refractivity contribution in [1.29, 1.82) is 0 Å². The molecule has 3 heteroatoms. The van der Waals surface area contributed by atoms with Crippen LogP contribution in [-0.2, 0) is 9.59 Å². The van der Waals surface area contributed by atoms with Crippen LogP contribution in [0.2, 0.25) is 0 Å². The Morgan fingerprint density at radius 3 is 2.00 bits per heavy atom. The lowest BCUT2D eigenvalue weighted by Gasteiger charge is -1.93. The van der Waals surface area contributed by atoms with Gasteiger partial charge in [0.1, 0.15) is 5.78 Å². The van der Waals surface area contributed by atoms with Gasteiger partial charge in [0.05, 0.1) is 4.86 Å². The van der Waals surface area contributed by atoms with Gasteiger partial charge in [-0.2, -0.15) is 0 Å². The van der Waals surface area contributed by atoms with E-state index in [1.165, 1.54) is 6.92 Å². The van der Waals surface area contributed by atoms with Crippen molar-refractivity contribution >= 4 is 28.6 Å². The standard InChI is InChI=1S/C7H10O2S/c1-5(8)3-4-7(9)6(2)10/h3-4H2,1-2H3. The first-order chi connectivity index (χ1) is 4.54. The average molecular weight is 158 g/mol. The van der Waals surface area contributed by atoms with Crippen LogP contribution in [0.25, 0.3) is 0 Å². The van der Waals surface area contributed by atoms with Gasteiger partial charge in [-0.1, -0.05) is 12.2 Å². The van der Waals surface area contributed by atoms with Crippen molar-refractivity contribution < 1.29 is 9.59 Å². The summed E-state index contributed by atoms with van der Waals surface area (Å²) >= 11 is 4.61. The van der Waals surface area contributed by atoms with Crippen LogP contribution in [0.1, 0.15) is 26.7 Å². The molecule has 0 N–H and O–H groups in total. The number of hydrogen-bond acceptors (Lipinski definition) is 3. The summed E-state index contributed by atoms with van der Waals surface area (Å²) in [6.45, 7) is 3.05. The van der Waals surface area contributed by atoms with Crippen LogP contribution < -0.4 is 0 Å². The minimum atomic E-state index is -0.0924. The molecule has 0 aromatic rings. The van der Waals surface area contributed by atoms with E-state index in [9.17, 15) is 9.59 Å². The van der Waals surface area contributed by atoms with Crippen molar-refractivity contribution in [2.45, 2.75) is 26.7 Å². The molecule has 0 aliphatic heterocycles. The summed E-state index contributed by atoms with van der Waals surface area (Å²) in [6, 6.07) is 0. The third-order valence-corrected chi connectivity index (χ3v) is 1.32. The van der Waals surface area contributed by atoms with E-state index < -0.39 is 0 Å². The average Bonchev–Trinajstić information content (AvgIpc) is 1.82. The molecule has 0 aromatic heterocycles. The summed E-state index contributed by atoms with van der Waals surface area (Å²) in [6.07, 6.45) is 0.581. The van der Waals surface area contributed by atoms with Crippen LogP contribution in [0.5, 0.6) is 0 Å². The lowest BCUT2D eigenvalue weighted by Crippen LogP contribution is -2.08. The largest absolute Gasteiger partial charge is 0.300 e. The van der Waals surface area contributed by atoms with Gasteiger partial charge in [0.25, 0.3) is 0 Å². The van der Waals surface area contributed by atoms with E-state index in [0.717, 1.165) is 0 Å². The van der Waals surface area contributed by atoms with Crippen LogP contribution in [0.3, 0.4) is 0 Å². The molecule has 0 unspecified atom stereocenters. The molecule has 0 saturated heterocycles. The van der Waals surface area contributed by atoms with Gasteiger partial charge in [-0.15, -0.1) is 0 Å². The van der Waals surface area contributed by atoms with Crippen LogP contribution in [0.15, 0.2) is 0 Å². The molecule has 0 spiro atoms. The third-order valence-electron chi connectivity index (χ3n) is 1.10. The summed E-state index contributed by atoms with van der Waals surface area (Å²) < 4.78 is 0. The van der Waals surface area contributed by atoms with E-state index in [2.05, 4.69) is 12.2 Å². The van der Waals surface area contributed by atoms with Gasteiger partial charge in [0, 0.05) is 12.8 Å². The number of rotatable bonds is 4. The van der Waals surface area contributed by atoms with Gasteiger partial charge < -0.3 is 4.79 Å². The highest BCUT2D eigenvalue weighted by atomic mass is 32.1. The Kier molecular flexibility index (Phi) is 4.03. The molecule has 10 heavy (non-hydrogen) atoms. The van der Waals surface area contributed by atoms with Crippen LogP contribution in [-0.4, -0.2) is 16.4 Å². The zero-order valence-corrected chi connectivity index (χ0v) is 6.96. The van der Waals surface area contributed by atoms with E-state index in [1.54, 1.807) is 6.92 Å². The zero-order valence-electron chi connectivity index (χ0n) is 6.14. The van der Waals surface area contributed by atoms with Gasteiger partial charge in [-0.3, -0.25) is 4.79 Å². The Morgan fingerprint density at radius 1 is 1.20 bits per heavy atom. The predicted molar refractivity (Wildman–Crippen MR) is 43.2 cm³/mol. The number of ketones is 2. The molecule has 0 fully saturated rings. The second kappa shape index (κ2) is 4.28. The lowest BCUT2D eigenvalue weighted by atomic mass is 10.1. The molecule has 0 aliphatic rings. The Morgan fingerprint density at radius 2 is 1.70 bits per heavy atom. The van der Waals surface area contributed by atoms with E-state index in [0.29, 0.717) is 11.3 Å². The maximum absolute atomic E-state index is 10.8. The summed E-state index contributed by atoms with van der Waals surface area (Å²) in [5.41, 5.74) is 0. The molecule has 2 nitrogen and oxygen atoms in total. The topological polar surface area (TPSA) is 34.1 Å². The number of Topliss-reactive ketones (excluding diaryl/α,β-unsaturated/α-hetero) is 2. The highest BCUT2D eigenvalue weighted by Gasteiger charge is 2.04. The fourth-order valence-electron chi connectivity index (χ4n) is 0.466. The van der Waals surface area contributed by atoms with Gasteiger partial charge in [-0.25, -0.2) is 0 Å². The smallest absolute Gasteiger partial charge is 0.169 e. The molecule has 0 atom stereocenters. The fraction of sp³-hybridized carbons (Fsp3) is 0.571. The first-order valence-electron chi connectivity index (χ1n) is 3.07. The number of carbonyl (C=O) groups excluding carboxylic acids is 2. The van der Waals surface area contributed by atoms with E-state index in [1.807, 2.05) is 0 Å². The Balaban J connectivity index is 3.60. The van der Waals surface area contributed by atoms with Crippen molar-refractivity contribution in [2.75, 3.05) is 0 Å². The molecule has 0 radical (unpaired) electrons. The first kappa shape index (κ1) is 9.43. The lowest BCUT2D eigenvalue weighted by molar-refractivity contribution is -0.120. The van der Waals surface area contributed by atoms with Crippen molar-refractivity contribution in [3.63, 3.8) is 0 Å².